The van der Waals surface area contributed by atoms with Gasteiger partial charge in [-0.3, -0.25) is 0 Å². The second-order valence-corrected chi connectivity index (χ2v) is 3.86. The monoisotopic (exact) mass is 173 g/mol. The van der Waals surface area contributed by atoms with Crippen molar-refractivity contribution in [3.8, 4) is 0 Å². The molecule has 0 saturated heterocycles. The van der Waals surface area contributed by atoms with Gasteiger partial charge in [0.05, 0.1) is 0 Å². The molecular formula is C12H15N. The molecule has 2 rings (SSSR count). The molecule has 1 aliphatic heterocycles. The Kier molecular flexibility index (Phi) is 1.87. The van der Waals surface area contributed by atoms with Crippen molar-refractivity contribution in [2.45, 2.75) is 26.7 Å². The minimum atomic E-state index is 1.03. The third-order valence-electron chi connectivity index (χ3n) is 2.68. The van der Waals surface area contributed by atoms with Crippen LogP contribution in [0.4, 0.5) is 0 Å². The largest absolute Gasteiger partial charge is 0.356 e. The first-order valence-electron chi connectivity index (χ1n) is 4.72. The number of hydrogen-bond donors (Lipinski definition) is 1. The minimum Gasteiger partial charge on any atom is -0.356 e. The van der Waals surface area contributed by atoms with Crippen molar-refractivity contribution >= 4 is 0 Å². The van der Waals surface area contributed by atoms with Crippen molar-refractivity contribution in [1.29, 1.82) is 0 Å². The molecule has 1 nitrogen and oxygen atoms in total. The highest BCUT2D eigenvalue weighted by molar-refractivity contribution is 5.48. The fourth-order valence-corrected chi connectivity index (χ4v) is 1.75. The van der Waals surface area contributed by atoms with Crippen LogP contribution in [0, 0.1) is 0 Å². The Bertz CT molecular complexity index is 353. The molecular weight excluding hydrogens is 158 g/mol. The molecule has 0 aromatic carbocycles. The Morgan fingerprint density at radius 2 is 2.00 bits per heavy atom. The van der Waals surface area contributed by atoms with E-state index < -0.39 is 0 Å². The first kappa shape index (κ1) is 8.36. The second-order valence-electron chi connectivity index (χ2n) is 3.86. The first-order valence-corrected chi connectivity index (χ1v) is 4.72. The minimum absolute atomic E-state index is 1.03. The van der Waals surface area contributed by atoms with Gasteiger partial charge >= 0.3 is 0 Å². The fraction of sp³-hybridized carbons (Fsp3) is 0.333. The smallest absolute Gasteiger partial charge is 0.0416 e. The van der Waals surface area contributed by atoms with Gasteiger partial charge in [-0.2, -0.15) is 0 Å². The molecule has 0 radical (unpaired) electrons. The van der Waals surface area contributed by atoms with E-state index in [1.54, 1.807) is 0 Å². The summed E-state index contributed by atoms with van der Waals surface area (Å²) in [6.07, 6.45) is 6.83. The maximum atomic E-state index is 3.97. The van der Waals surface area contributed by atoms with Crippen LogP contribution in [0.15, 0.2) is 46.8 Å². The molecule has 0 bridgehead atoms. The van der Waals surface area contributed by atoms with E-state index in [9.17, 15) is 0 Å². The topological polar surface area (TPSA) is 12.0 Å². The third kappa shape index (κ3) is 1.46. The highest BCUT2D eigenvalue weighted by Crippen LogP contribution is 2.28. The van der Waals surface area contributed by atoms with Crippen LogP contribution in [0.3, 0.4) is 0 Å². The van der Waals surface area contributed by atoms with Gasteiger partial charge in [-0.05, 0) is 43.9 Å². The van der Waals surface area contributed by atoms with Gasteiger partial charge in [0.2, 0.25) is 0 Å². The van der Waals surface area contributed by atoms with Crippen LogP contribution in [-0.2, 0) is 0 Å². The van der Waals surface area contributed by atoms with Crippen molar-refractivity contribution in [1.82, 2.24) is 5.32 Å². The molecule has 13 heavy (non-hydrogen) atoms. The Balaban J connectivity index is 2.40. The zero-order chi connectivity index (χ0) is 9.42. The van der Waals surface area contributed by atoms with E-state index in [1.165, 1.54) is 28.8 Å². The summed E-state index contributed by atoms with van der Waals surface area (Å²) >= 11 is 0. The van der Waals surface area contributed by atoms with E-state index in [4.69, 9.17) is 0 Å². The zero-order valence-electron chi connectivity index (χ0n) is 8.28. The highest BCUT2D eigenvalue weighted by atomic mass is 14.9. The first-order chi connectivity index (χ1) is 6.16. The van der Waals surface area contributed by atoms with E-state index in [-0.39, 0.29) is 0 Å². The molecule has 0 aromatic heterocycles. The predicted molar refractivity (Wildman–Crippen MR) is 56.0 cm³/mol. The number of dihydropyridines is 1. The molecule has 0 spiro atoms. The van der Waals surface area contributed by atoms with Gasteiger partial charge in [0, 0.05) is 11.4 Å². The third-order valence-corrected chi connectivity index (χ3v) is 2.68. The average Bonchev–Trinajstić information content (AvgIpc) is 2.08. The van der Waals surface area contributed by atoms with Crippen LogP contribution in [0.1, 0.15) is 26.7 Å². The Labute approximate surface area is 79.5 Å². The molecule has 0 aromatic rings. The van der Waals surface area contributed by atoms with Crippen LogP contribution < -0.4 is 5.32 Å². The lowest BCUT2D eigenvalue weighted by Crippen LogP contribution is -2.19. The van der Waals surface area contributed by atoms with Gasteiger partial charge in [-0.25, -0.2) is 0 Å². The number of rotatable bonds is 0. The molecule has 0 unspecified atom stereocenters. The number of allylic oxidation sites excluding steroid dienone is 5. The molecule has 1 heteroatoms. The molecule has 0 amide bonds. The summed E-state index contributed by atoms with van der Waals surface area (Å²) in [6, 6.07) is 0. The molecule has 1 N–H and O–H groups in total. The standard InChI is InChI=1S/C12H15N/c1-8-4-5-11-7-9(2)10(3)13-12(11)6-8/h6-7,13H,3-5H2,1-2H3. The van der Waals surface area contributed by atoms with Crippen LogP contribution in [0.25, 0.3) is 0 Å². The second kappa shape index (κ2) is 2.91. The number of nitrogens with one attached hydrogen (secondary N) is 1. The summed E-state index contributed by atoms with van der Waals surface area (Å²) in [5.74, 6) is 0. The van der Waals surface area contributed by atoms with Crippen LogP contribution in [-0.4, -0.2) is 0 Å². The van der Waals surface area contributed by atoms with Gasteiger partial charge in [0.15, 0.2) is 0 Å². The molecule has 68 valence electrons. The van der Waals surface area contributed by atoms with Crippen molar-refractivity contribution in [2.24, 2.45) is 0 Å². The summed E-state index contributed by atoms with van der Waals surface area (Å²) in [5.41, 5.74) is 6.42. The van der Waals surface area contributed by atoms with Gasteiger partial charge in [-0.15, -0.1) is 0 Å². The Hall–Kier alpha value is -1.24. The van der Waals surface area contributed by atoms with Crippen molar-refractivity contribution < 1.29 is 0 Å². The van der Waals surface area contributed by atoms with Crippen molar-refractivity contribution in [3.63, 3.8) is 0 Å². The zero-order valence-corrected chi connectivity index (χ0v) is 8.28. The molecule has 0 saturated carbocycles. The van der Waals surface area contributed by atoms with E-state index in [2.05, 4.69) is 37.9 Å². The van der Waals surface area contributed by atoms with Crippen molar-refractivity contribution in [3.05, 3.63) is 46.8 Å². The summed E-state index contributed by atoms with van der Waals surface area (Å²) in [7, 11) is 0. The molecule has 1 heterocycles. The lowest BCUT2D eigenvalue weighted by Gasteiger charge is -2.24. The summed E-state index contributed by atoms with van der Waals surface area (Å²) in [5, 5.41) is 3.34. The van der Waals surface area contributed by atoms with Gasteiger partial charge < -0.3 is 5.32 Å². The lowest BCUT2D eigenvalue weighted by molar-refractivity contribution is 0.847. The van der Waals surface area contributed by atoms with E-state index in [0.717, 1.165) is 12.1 Å². The van der Waals surface area contributed by atoms with Gasteiger partial charge in [0.1, 0.15) is 0 Å². The average molecular weight is 173 g/mol. The molecule has 0 fully saturated rings. The van der Waals surface area contributed by atoms with E-state index >= 15 is 0 Å². The van der Waals surface area contributed by atoms with Crippen LogP contribution in [0.2, 0.25) is 0 Å². The Morgan fingerprint density at radius 1 is 1.23 bits per heavy atom. The fourth-order valence-electron chi connectivity index (χ4n) is 1.75. The van der Waals surface area contributed by atoms with Crippen molar-refractivity contribution in [2.75, 3.05) is 0 Å². The molecule has 0 atom stereocenters. The Morgan fingerprint density at radius 3 is 2.77 bits per heavy atom. The van der Waals surface area contributed by atoms with Gasteiger partial charge in [0.25, 0.3) is 0 Å². The van der Waals surface area contributed by atoms with Crippen LogP contribution in [0.5, 0.6) is 0 Å². The van der Waals surface area contributed by atoms with Crippen LogP contribution >= 0.6 is 0 Å². The van der Waals surface area contributed by atoms with Gasteiger partial charge in [-0.1, -0.05) is 18.2 Å². The highest BCUT2D eigenvalue weighted by Gasteiger charge is 2.15. The molecule has 2 aliphatic rings. The molecule has 1 aliphatic carbocycles. The maximum Gasteiger partial charge on any atom is 0.0416 e. The maximum absolute atomic E-state index is 3.97. The lowest BCUT2D eigenvalue weighted by atomic mass is 9.92. The normalized spacial score (nSPS) is 21.8. The quantitative estimate of drug-likeness (QED) is 0.593. The van der Waals surface area contributed by atoms with E-state index in [0.29, 0.717) is 0 Å². The summed E-state index contributed by atoms with van der Waals surface area (Å²) in [4.78, 5) is 0. The number of hydrogen-bond acceptors (Lipinski definition) is 1. The SMILES string of the molecule is C=C1NC2=C(C=C1C)CCC(C)=C2. The van der Waals surface area contributed by atoms with E-state index in [1.807, 2.05) is 0 Å². The predicted octanol–water partition coefficient (Wildman–Crippen LogP) is 3.04. The summed E-state index contributed by atoms with van der Waals surface area (Å²) < 4.78 is 0. The summed E-state index contributed by atoms with van der Waals surface area (Å²) in [6.45, 7) is 8.25.